The number of carbonyl (C=O) groups excluding carboxylic acids is 1. The van der Waals surface area contributed by atoms with Gasteiger partial charge in [0.15, 0.2) is 0 Å². The Balaban J connectivity index is 2.38. The molecule has 0 aliphatic carbocycles. The van der Waals surface area contributed by atoms with Gasteiger partial charge in [-0.3, -0.25) is 4.79 Å². The zero-order valence-electron chi connectivity index (χ0n) is 14.3. The molecule has 0 spiro atoms. The highest BCUT2D eigenvalue weighted by molar-refractivity contribution is 5.86. The Labute approximate surface area is 137 Å². The minimum atomic E-state index is -0.653. The lowest BCUT2D eigenvalue weighted by molar-refractivity contribution is -0.144. The number of esters is 1. The van der Waals surface area contributed by atoms with Gasteiger partial charge in [-0.2, -0.15) is 0 Å². The van der Waals surface area contributed by atoms with Gasteiger partial charge in [-0.15, -0.1) is 0 Å². The van der Waals surface area contributed by atoms with Crippen LogP contribution in [-0.2, 0) is 22.5 Å². The third kappa shape index (κ3) is 4.05. The first kappa shape index (κ1) is 17.3. The highest BCUT2D eigenvalue weighted by atomic mass is 16.5. The number of benzene rings is 1. The Morgan fingerprint density at radius 3 is 2.70 bits per heavy atom. The van der Waals surface area contributed by atoms with E-state index in [4.69, 9.17) is 15.2 Å². The van der Waals surface area contributed by atoms with Gasteiger partial charge in [-0.25, -0.2) is 0 Å². The van der Waals surface area contributed by atoms with E-state index in [9.17, 15) is 4.79 Å². The Kier molecular flexibility index (Phi) is 5.66. The molecule has 5 nitrogen and oxygen atoms in total. The van der Waals surface area contributed by atoms with Gasteiger partial charge in [0.25, 0.3) is 0 Å². The Morgan fingerprint density at radius 1 is 1.35 bits per heavy atom. The molecular formula is C18H26N2O3. The summed E-state index contributed by atoms with van der Waals surface area (Å²) < 4.78 is 12.6. The molecule has 0 aliphatic rings. The van der Waals surface area contributed by atoms with Crippen molar-refractivity contribution in [2.24, 2.45) is 11.7 Å². The molecule has 0 saturated carbocycles. The molecule has 2 rings (SSSR count). The van der Waals surface area contributed by atoms with Crippen LogP contribution in [-0.4, -0.2) is 30.3 Å². The summed E-state index contributed by atoms with van der Waals surface area (Å²) in [7, 11) is 1.65. The van der Waals surface area contributed by atoms with Gasteiger partial charge in [0.1, 0.15) is 11.8 Å². The second kappa shape index (κ2) is 7.51. The summed E-state index contributed by atoms with van der Waals surface area (Å²) in [4.78, 5) is 11.8. The molecule has 0 amide bonds. The fourth-order valence-corrected chi connectivity index (χ4v) is 2.75. The molecule has 23 heavy (non-hydrogen) atoms. The summed E-state index contributed by atoms with van der Waals surface area (Å²) in [6, 6.07) is 5.35. The number of methoxy groups -OCH3 is 1. The minimum absolute atomic E-state index is 0.343. The number of ether oxygens (including phenoxy) is 2. The average molecular weight is 318 g/mol. The molecule has 1 atom stereocenters. The van der Waals surface area contributed by atoms with Crippen molar-refractivity contribution in [2.75, 3.05) is 13.7 Å². The normalized spacial score (nSPS) is 12.6. The lowest BCUT2D eigenvalue weighted by Crippen LogP contribution is -2.34. The van der Waals surface area contributed by atoms with E-state index in [1.54, 1.807) is 14.0 Å². The van der Waals surface area contributed by atoms with Crippen molar-refractivity contribution in [3.05, 3.63) is 30.0 Å². The van der Waals surface area contributed by atoms with Crippen LogP contribution in [0.5, 0.6) is 5.75 Å². The van der Waals surface area contributed by atoms with Gasteiger partial charge < -0.3 is 19.8 Å². The third-order valence-corrected chi connectivity index (χ3v) is 3.76. The maximum absolute atomic E-state index is 11.8. The van der Waals surface area contributed by atoms with E-state index in [2.05, 4.69) is 30.7 Å². The Morgan fingerprint density at radius 2 is 2.09 bits per heavy atom. The lowest BCUT2D eigenvalue weighted by Gasteiger charge is -2.10. The SMILES string of the molecule is CCOC(=O)C(N)Cc1cn(CC(C)C)c2ccc(OC)cc12. The molecular weight excluding hydrogens is 292 g/mol. The highest BCUT2D eigenvalue weighted by Crippen LogP contribution is 2.27. The molecule has 0 aliphatic heterocycles. The average Bonchev–Trinajstić information content (AvgIpc) is 2.83. The van der Waals surface area contributed by atoms with E-state index >= 15 is 0 Å². The largest absolute Gasteiger partial charge is 0.497 e. The van der Waals surface area contributed by atoms with Crippen LogP contribution in [0, 0.1) is 5.92 Å². The summed E-state index contributed by atoms with van der Waals surface area (Å²) >= 11 is 0. The summed E-state index contributed by atoms with van der Waals surface area (Å²) in [6.45, 7) is 7.40. The molecule has 126 valence electrons. The number of nitrogens with zero attached hydrogens (tertiary/aromatic N) is 1. The third-order valence-electron chi connectivity index (χ3n) is 3.76. The van der Waals surface area contributed by atoms with Crippen LogP contribution in [0.15, 0.2) is 24.4 Å². The lowest BCUT2D eigenvalue weighted by atomic mass is 10.1. The van der Waals surface area contributed by atoms with Gasteiger partial charge in [0, 0.05) is 30.1 Å². The second-order valence-electron chi connectivity index (χ2n) is 6.15. The first-order chi connectivity index (χ1) is 11.0. The monoisotopic (exact) mass is 318 g/mol. The van der Waals surface area contributed by atoms with Crippen molar-refractivity contribution in [1.29, 1.82) is 0 Å². The molecule has 1 aromatic carbocycles. The van der Waals surface area contributed by atoms with Crippen LogP contribution in [0.3, 0.4) is 0 Å². The summed E-state index contributed by atoms with van der Waals surface area (Å²) in [6.07, 6.45) is 2.54. The number of nitrogens with two attached hydrogens (primary N) is 1. The molecule has 2 N–H and O–H groups in total. The van der Waals surface area contributed by atoms with E-state index in [1.165, 1.54) is 0 Å². The van der Waals surface area contributed by atoms with Gasteiger partial charge in [0.05, 0.1) is 13.7 Å². The summed E-state index contributed by atoms with van der Waals surface area (Å²) in [5, 5.41) is 1.07. The maximum Gasteiger partial charge on any atom is 0.323 e. The smallest absolute Gasteiger partial charge is 0.323 e. The standard InChI is InChI=1S/C18H26N2O3/c1-5-23-18(21)16(19)8-13-11-20(10-12(2)3)17-7-6-14(22-4)9-15(13)17/h6-7,9,11-12,16H,5,8,10,19H2,1-4H3. The number of hydrogen-bond acceptors (Lipinski definition) is 4. The van der Waals surface area contributed by atoms with Crippen LogP contribution in [0.25, 0.3) is 10.9 Å². The van der Waals surface area contributed by atoms with Crippen LogP contribution >= 0.6 is 0 Å². The number of carbonyl (C=O) groups is 1. The van der Waals surface area contributed by atoms with Crippen molar-refractivity contribution in [3.63, 3.8) is 0 Å². The second-order valence-corrected chi connectivity index (χ2v) is 6.15. The number of fused-ring (bicyclic) bond motifs is 1. The first-order valence-electron chi connectivity index (χ1n) is 8.04. The molecule has 1 unspecified atom stereocenters. The molecule has 1 heterocycles. The van der Waals surface area contributed by atoms with Gasteiger partial charge >= 0.3 is 5.97 Å². The van der Waals surface area contributed by atoms with Crippen molar-refractivity contribution in [1.82, 2.24) is 4.57 Å². The van der Waals surface area contributed by atoms with Gasteiger partial charge in [-0.1, -0.05) is 13.8 Å². The van der Waals surface area contributed by atoms with Crippen LogP contribution in [0.2, 0.25) is 0 Å². The Bertz CT molecular complexity index is 676. The predicted octanol–water partition coefficient (Wildman–Crippen LogP) is 2.74. The molecule has 0 bridgehead atoms. The van der Waals surface area contributed by atoms with E-state index in [1.807, 2.05) is 12.1 Å². The van der Waals surface area contributed by atoms with Crippen LogP contribution in [0.4, 0.5) is 0 Å². The molecule has 0 radical (unpaired) electrons. The van der Waals surface area contributed by atoms with Crippen LogP contribution in [0.1, 0.15) is 26.3 Å². The molecule has 1 aromatic heterocycles. The fraction of sp³-hybridized carbons (Fsp3) is 0.500. The van der Waals surface area contributed by atoms with Gasteiger partial charge in [0.2, 0.25) is 0 Å². The van der Waals surface area contributed by atoms with Crippen molar-refractivity contribution >= 4 is 16.9 Å². The Hall–Kier alpha value is -2.01. The van der Waals surface area contributed by atoms with Crippen molar-refractivity contribution < 1.29 is 14.3 Å². The summed E-state index contributed by atoms with van der Waals surface area (Å²) in [5.41, 5.74) is 8.16. The zero-order valence-corrected chi connectivity index (χ0v) is 14.3. The number of aromatic nitrogens is 1. The number of hydrogen-bond donors (Lipinski definition) is 1. The first-order valence-corrected chi connectivity index (χ1v) is 8.04. The van der Waals surface area contributed by atoms with Crippen LogP contribution < -0.4 is 10.5 Å². The van der Waals surface area contributed by atoms with Crippen molar-refractivity contribution in [2.45, 2.75) is 39.8 Å². The highest BCUT2D eigenvalue weighted by Gasteiger charge is 2.19. The topological polar surface area (TPSA) is 66.5 Å². The maximum atomic E-state index is 11.8. The molecule has 0 saturated heterocycles. The van der Waals surface area contributed by atoms with E-state index in [0.29, 0.717) is 18.9 Å². The fourth-order valence-electron chi connectivity index (χ4n) is 2.75. The zero-order chi connectivity index (χ0) is 17.0. The van der Waals surface area contributed by atoms with E-state index in [-0.39, 0.29) is 5.97 Å². The molecule has 0 fully saturated rings. The quantitative estimate of drug-likeness (QED) is 0.797. The predicted molar refractivity (Wildman–Crippen MR) is 91.6 cm³/mol. The van der Waals surface area contributed by atoms with E-state index < -0.39 is 6.04 Å². The molecule has 2 aromatic rings. The van der Waals surface area contributed by atoms with Gasteiger partial charge in [-0.05, 0) is 36.6 Å². The molecule has 5 heteroatoms. The summed E-state index contributed by atoms with van der Waals surface area (Å²) in [5.74, 6) is 0.963. The van der Waals surface area contributed by atoms with E-state index in [0.717, 1.165) is 28.8 Å². The van der Waals surface area contributed by atoms with Crippen molar-refractivity contribution in [3.8, 4) is 5.75 Å². The number of rotatable bonds is 7. The minimum Gasteiger partial charge on any atom is -0.497 e.